The number of anilines is 1. The third-order valence-electron chi connectivity index (χ3n) is 5.26. The van der Waals surface area contributed by atoms with Crippen molar-refractivity contribution in [2.24, 2.45) is 5.10 Å². The van der Waals surface area contributed by atoms with Gasteiger partial charge in [-0.05, 0) is 53.9 Å². The van der Waals surface area contributed by atoms with Gasteiger partial charge in [-0.3, -0.25) is 14.9 Å². The molecule has 0 atom stereocenters. The van der Waals surface area contributed by atoms with E-state index >= 15 is 0 Å². The summed E-state index contributed by atoms with van der Waals surface area (Å²) in [6.07, 6.45) is 2.21. The molecule has 0 aliphatic carbocycles. The number of hydrogen-bond acceptors (Lipinski definition) is 7. The Bertz CT molecular complexity index is 1580. The van der Waals surface area contributed by atoms with Crippen LogP contribution in [0.15, 0.2) is 94.5 Å². The lowest BCUT2D eigenvalue weighted by Gasteiger charge is -2.14. The third-order valence-corrected chi connectivity index (χ3v) is 7.72. The first-order valence-corrected chi connectivity index (χ1v) is 13.2. The zero-order chi connectivity index (χ0) is 25.1. The van der Waals surface area contributed by atoms with Crippen LogP contribution in [-0.2, 0) is 6.42 Å². The van der Waals surface area contributed by atoms with Crippen molar-refractivity contribution in [1.82, 2.24) is 4.98 Å². The minimum atomic E-state index is -0.451. The largest absolute Gasteiger partial charge is 0.324 e. The van der Waals surface area contributed by atoms with Gasteiger partial charge in [-0.25, -0.2) is 4.98 Å². The summed E-state index contributed by atoms with van der Waals surface area (Å²) >= 11 is 5.79. The highest BCUT2D eigenvalue weighted by Crippen LogP contribution is 2.32. The number of thiophene rings is 1. The van der Waals surface area contributed by atoms with Crippen LogP contribution in [0.2, 0.25) is 0 Å². The normalized spacial score (nSPS) is 11.2. The second kappa shape index (κ2) is 10.5. The quantitative estimate of drug-likeness (QED) is 0.115. The number of nitrogens with zero attached hydrogens (tertiary/aromatic N) is 4. The highest BCUT2D eigenvalue weighted by atomic mass is 79.9. The maximum absolute atomic E-state index is 13.6. The smallest absolute Gasteiger partial charge is 0.267 e. The molecule has 0 aliphatic rings. The number of nitro groups is 1. The van der Waals surface area contributed by atoms with E-state index in [1.807, 2.05) is 48.5 Å². The number of aromatic nitrogens is 1. The van der Waals surface area contributed by atoms with Crippen LogP contribution in [0.25, 0.3) is 10.2 Å². The minimum Gasteiger partial charge on any atom is -0.267 e. The first-order valence-electron chi connectivity index (χ1n) is 10.8. The molecule has 10 heteroatoms. The Kier molecular flexibility index (Phi) is 6.99. The summed E-state index contributed by atoms with van der Waals surface area (Å²) in [6, 6.07) is 26.2. The van der Waals surface area contributed by atoms with Crippen molar-refractivity contribution in [1.29, 1.82) is 0 Å². The van der Waals surface area contributed by atoms with Gasteiger partial charge in [0.15, 0.2) is 0 Å². The summed E-state index contributed by atoms with van der Waals surface area (Å²) in [5.74, 6) is -0.346. The fraction of sp³-hybridized carbons (Fsp3) is 0.0385. The fourth-order valence-electron chi connectivity index (χ4n) is 3.51. The maximum Gasteiger partial charge on any atom is 0.324 e. The van der Waals surface area contributed by atoms with Crippen molar-refractivity contribution in [3.63, 3.8) is 0 Å². The lowest BCUT2D eigenvalue weighted by molar-refractivity contribution is -0.380. The fourth-order valence-corrected chi connectivity index (χ4v) is 5.67. The molecule has 1 amide bonds. The molecule has 2 heterocycles. The van der Waals surface area contributed by atoms with Crippen LogP contribution in [0.5, 0.6) is 0 Å². The molecule has 7 nitrogen and oxygen atoms in total. The number of carbonyl (C=O) groups excluding carboxylic acids is 1. The summed E-state index contributed by atoms with van der Waals surface area (Å²) in [5, 5.41) is 17.1. The molecule has 2 aromatic heterocycles. The van der Waals surface area contributed by atoms with Crippen LogP contribution < -0.4 is 5.01 Å². The third kappa shape index (κ3) is 5.40. The van der Waals surface area contributed by atoms with E-state index in [2.05, 4.69) is 38.1 Å². The van der Waals surface area contributed by atoms with Gasteiger partial charge in [0, 0.05) is 16.1 Å². The van der Waals surface area contributed by atoms with Crippen LogP contribution in [0.1, 0.15) is 26.4 Å². The SMILES string of the molecule is O=C(c1ccc(Cc2ccccc2)cc1)N(/N=C/c1ccc([N+](=O)[O-])s1)c1nc2ccc(Br)cc2s1. The number of halogens is 1. The second-order valence-corrected chi connectivity index (χ2v) is 10.8. The Hall–Kier alpha value is -3.73. The number of fused-ring (bicyclic) bond motifs is 1. The average molecular weight is 577 g/mol. The molecule has 5 aromatic rings. The molecule has 0 saturated carbocycles. The van der Waals surface area contributed by atoms with Crippen LogP contribution in [0, 0.1) is 10.1 Å². The van der Waals surface area contributed by atoms with E-state index in [1.165, 1.54) is 34.2 Å². The molecular weight excluding hydrogens is 560 g/mol. The van der Waals surface area contributed by atoms with Crippen LogP contribution in [-0.4, -0.2) is 22.0 Å². The molecular formula is C26H17BrN4O3S2. The molecule has 0 unspecified atom stereocenters. The molecule has 0 bridgehead atoms. The van der Waals surface area contributed by atoms with E-state index in [0.29, 0.717) is 15.6 Å². The number of benzene rings is 3. The summed E-state index contributed by atoms with van der Waals surface area (Å²) in [7, 11) is 0. The predicted molar refractivity (Wildman–Crippen MR) is 148 cm³/mol. The second-order valence-electron chi connectivity index (χ2n) is 7.76. The summed E-state index contributed by atoms with van der Waals surface area (Å²) in [6.45, 7) is 0. The number of hydrogen-bond donors (Lipinski definition) is 0. The van der Waals surface area contributed by atoms with Crippen molar-refractivity contribution in [2.75, 3.05) is 5.01 Å². The number of hydrazone groups is 1. The molecule has 0 spiro atoms. The average Bonchev–Trinajstić information content (AvgIpc) is 3.52. The summed E-state index contributed by atoms with van der Waals surface area (Å²) < 4.78 is 1.81. The van der Waals surface area contributed by atoms with Crippen molar-refractivity contribution in [3.05, 3.63) is 121 Å². The van der Waals surface area contributed by atoms with E-state index in [4.69, 9.17) is 0 Å². The van der Waals surface area contributed by atoms with Gasteiger partial charge < -0.3 is 0 Å². The van der Waals surface area contributed by atoms with Crippen molar-refractivity contribution >= 4 is 71.1 Å². The number of carbonyl (C=O) groups is 1. The lowest BCUT2D eigenvalue weighted by atomic mass is 10.0. The van der Waals surface area contributed by atoms with Crippen LogP contribution in [0.4, 0.5) is 10.1 Å². The number of amides is 1. The molecule has 0 saturated heterocycles. The van der Waals surface area contributed by atoms with Crippen molar-refractivity contribution < 1.29 is 9.72 Å². The van der Waals surface area contributed by atoms with Crippen LogP contribution in [0.3, 0.4) is 0 Å². The summed E-state index contributed by atoms with van der Waals surface area (Å²) in [4.78, 5) is 29.3. The zero-order valence-corrected chi connectivity index (χ0v) is 21.8. The Labute approximate surface area is 222 Å². The van der Waals surface area contributed by atoms with Gasteiger partial charge in [-0.1, -0.05) is 81.1 Å². The first kappa shape index (κ1) is 24.0. The highest BCUT2D eigenvalue weighted by molar-refractivity contribution is 9.10. The van der Waals surface area contributed by atoms with Crippen molar-refractivity contribution in [2.45, 2.75) is 6.42 Å². The van der Waals surface area contributed by atoms with E-state index in [0.717, 1.165) is 38.0 Å². The summed E-state index contributed by atoms with van der Waals surface area (Å²) in [5.41, 5.74) is 3.48. The Morgan fingerprint density at radius 3 is 2.47 bits per heavy atom. The molecule has 0 N–H and O–H groups in total. The maximum atomic E-state index is 13.6. The van der Waals surface area contributed by atoms with Gasteiger partial charge >= 0.3 is 5.00 Å². The van der Waals surface area contributed by atoms with Crippen LogP contribution >= 0.6 is 38.6 Å². The van der Waals surface area contributed by atoms with E-state index in [1.54, 1.807) is 18.2 Å². The molecule has 5 rings (SSSR count). The number of thiazole rings is 1. The standard InChI is InChI=1S/C26H17BrN4O3S2/c27-20-10-12-22-23(15-20)36-26(29-22)30(28-16-21-11-13-24(35-21)31(33)34)25(32)19-8-6-18(7-9-19)14-17-4-2-1-3-5-17/h1-13,15-16H,14H2/b28-16+. The lowest BCUT2D eigenvalue weighted by Crippen LogP contribution is -2.25. The van der Waals surface area contributed by atoms with Gasteiger partial charge in [0.1, 0.15) is 0 Å². The molecule has 0 radical (unpaired) electrons. The number of rotatable bonds is 7. The molecule has 0 aliphatic heterocycles. The zero-order valence-electron chi connectivity index (χ0n) is 18.6. The monoisotopic (exact) mass is 576 g/mol. The Morgan fingerprint density at radius 2 is 1.75 bits per heavy atom. The Morgan fingerprint density at radius 1 is 1.00 bits per heavy atom. The van der Waals surface area contributed by atoms with Gasteiger partial charge in [0.25, 0.3) is 5.91 Å². The topological polar surface area (TPSA) is 88.7 Å². The van der Waals surface area contributed by atoms with Gasteiger partial charge in [-0.15, -0.1) is 0 Å². The van der Waals surface area contributed by atoms with E-state index in [9.17, 15) is 14.9 Å². The van der Waals surface area contributed by atoms with E-state index in [-0.39, 0.29) is 10.9 Å². The van der Waals surface area contributed by atoms with Gasteiger partial charge in [0.2, 0.25) is 5.13 Å². The van der Waals surface area contributed by atoms with Crippen molar-refractivity contribution in [3.8, 4) is 0 Å². The van der Waals surface area contributed by atoms with Gasteiger partial charge in [-0.2, -0.15) is 10.1 Å². The first-order chi connectivity index (χ1) is 17.5. The van der Waals surface area contributed by atoms with E-state index < -0.39 is 4.92 Å². The van der Waals surface area contributed by atoms with Gasteiger partial charge in [0.05, 0.1) is 26.2 Å². The minimum absolute atomic E-state index is 0.00756. The Balaban J connectivity index is 1.46. The highest BCUT2D eigenvalue weighted by Gasteiger charge is 2.21. The molecule has 0 fully saturated rings. The molecule has 178 valence electrons. The molecule has 36 heavy (non-hydrogen) atoms. The predicted octanol–water partition coefficient (Wildman–Crippen LogP) is 7.30. The molecule has 3 aromatic carbocycles.